The van der Waals surface area contributed by atoms with Gasteiger partial charge in [0, 0.05) is 26.7 Å². The second-order valence-electron chi connectivity index (χ2n) is 8.72. The first-order valence-corrected chi connectivity index (χ1v) is 11.5. The lowest BCUT2D eigenvalue weighted by Gasteiger charge is -2.28. The average Bonchev–Trinajstić information content (AvgIpc) is 3.16. The van der Waals surface area contributed by atoms with Crippen LogP contribution >= 0.6 is 0 Å². The topological polar surface area (TPSA) is 123 Å². The van der Waals surface area contributed by atoms with Crippen molar-refractivity contribution >= 4 is 18.0 Å². The van der Waals surface area contributed by atoms with Crippen LogP contribution in [0.2, 0.25) is 0 Å². The summed E-state index contributed by atoms with van der Waals surface area (Å²) in [5.41, 5.74) is 2.73. The van der Waals surface area contributed by atoms with E-state index in [2.05, 4.69) is 10.6 Å². The lowest BCUT2D eigenvalue weighted by atomic mass is 9.98. The lowest BCUT2D eigenvalue weighted by molar-refractivity contribution is -0.149. The summed E-state index contributed by atoms with van der Waals surface area (Å²) in [7, 11) is 2.88. The highest BCUT2D eigenvalue weighted by Gasteiger charge is 2.37. The summed E-state index contributed by atoms with van der Waals surface area (Å²) in [5.74, 6) is -2.01. The molecular formula is C26H32N2O7. The van der Waals surface area contributed by atoms with Gasteiger partial charge in [0.2, 0.25) is 5.91 Å². The van der Waals surface area contributed by atoms with E-state index in [9.17, 15) is 19.5 Å². The molecule has 9 heteroatoms. The van der Waals surface area contributed by atoms with Gasteiger partial charge in [-0.25, -0.2) is 9.59 Å². The molecule has 1 aliphatic rings. The zero-order chi connectivity index (χ0) is 25.4. The van der Waals surface area contributed by atoms with Crippen LogP contribution < -0.4 is 10.6 Å². The largest absolute Gasteiger partial charge is 0.479 e. The van der Waals surface area contributed by atoms with Crippen LogP contribution in [0.4, 0.5) is 4.79 Å². The maximum atomic E-state index is 12.9. The zero-order valence-electron chi connectivity index (χ0n) is 20.2. The number of carboxylic acids is 1. The maximum absolute atomic E-state index is 12.9. The molecule has 35 heavy (non-hydrogen) atoms. The standard InChI is InChI=1S/C26H32N2O7/c1-26(16-34-3,24(30)31)28-23(29)22(13-8-14-33-2)27-25(32)35-15-21-19-11-6-4-9-17(19)18-10-5-7-12-20(18)21/h4-7,9-12,21-22H,8,13-16H2,1-3H3,(H,27,32)(H,28,29)(H,30,31). The van der Waals surface area contributed by atoms with E-state index in [0.717, 1.165) is 22.3 Å². The molecule has 0 saturated carbocycles. The van der Waals surface area contributed by atoms with Gasteiger partial charge in [-0.2, -0.15) is 0 Å². The Kier molecular flexibility index (Phi) is 8.84. The SMILES string of the molecule is COCCCC(NC(=O)OCC1c2ccccc2-c2ccccc21)C(=O)NC(C)(COC)C(=O)O. The summed E-state index contributed by atoms with van der Waals surface area (Å²) in [6.07, 6.45) is -0.0352. The Balaban J connectivity index is 1.68. The molecule has 0 bridgehead atoms. The fourth-order valence-electron chi connectivity index (χ4n) is 4.28. The molecule has 0 fully saturated rings. The van der Waals surface area contributed by atoms with Crippen LogP contribution in [-0.2, 0) is 23.8 Å². The highest BCUT2D eigenvalue weighted by molar-refractivity contribution is 5.91. The number of carboxylic acid groups (broad SMARTS) is 1. The highest BCUT2D eigenvalue weighted by Crippen LogP contribution is 2.44. The number of amides is 2. The van der Waals surface area contributed by atoms with E-state index in [1.54, 1.807) is 0 Å². The van der Waals surface area contributed by atoms with E-state index < -0.39 is 29.6 Å². The molecule has 2 amide bonds. The van der Waals surface area contributed by atoms with Crippen LogP contribution in [0.3, 0.4) is 0 Å². The Labute approximate surface area is 204 Å². The van der Waals surface area contributed by atoms with Crippen molar-refractivity contribution in [1.29, 1.82) is 0 Å². The van der Waals surface area contributed by atoms with E-state index in [0.29, 0.717) is 13.0 Å². The summed E-state index contributed by atoms with van der Waals surface area (Å²) in [5, 5.41) is 14.6. The third kappa shape index (κ3) is 6.17. The van der Waals surface area contributed by atoms with E-state index in [-0.39, 0.29) is 25.6 Å². The third-order valence-corrected chi connectivity index (χ3v) is 6.10. The first kappa shape index (κ1) is 26.2. The van der Waals surface area contributed by atoms with Crippen molar-refractivity contribution in [2.45, 2.75) is 37.3 Å². The normalized spacial score (nSPS) is 14.8. The molecule has 2 unspecified atom stereocenters. The molecule has 9 nitrogen and oxygen atoms in total. The summed E-state index contributed by atoms with van der Waals surface area (Å²) in [6, 6.07) is 15.0. The number of rotatable bonds is 12. The number of benzene rings is 2. The van der Waals surface area contributed by atoms with Crippen molar-refractivity contribution < 1.29 is 33.7 Å². The lowest BCUT2D eigenvalue weighted by Crippen LogP contribution is -2.60. The van der Waals surface area contributed by atoms with Crippen molar-refractivity contribution in [2.24, 2.45) is 0 Å². The summed E-state index contributed by atoms with van der Waals surface area (Å²) in [4.78, 5) is 37.3. The summed E-state index contributed by atoms with van der Waals surface area (Å²) in [6.45, 7) is 1.59. The fourth-order valence-corrected chi connectivity index (χ4v) is 4.28. The van der Waals surface area contributed by atoms with Crippen molar-refractivity contribution in [3.05, 3.63) is 59.7 Å². The van der Waals surface area contributed by atoms with Crippen LogP contribution in [0, 0.1) is 0 Å². The number of aliphatic carboxylic acids is 1. The number of hydrogen-bond donors (Lipinski definition) is 3. The van der Waals surface area contributed by atoms with Gasteiger partial charge in [-0.3, -0.25) is 4.79 Å². The van der Waals surface area contributed by atoms with Gasteiger partial charge in [-0.1, -0.05) is 48.5 Å². The number of nitrogens with one attached hydrogen (secondary N) is 2. The highest BCUT2D eigenvalue weighted by atomic mass is 16.5. The monoisotopic (exact) mass is 484 g/mol. The molecule has 2 aromatic carbocycles. The quantitative estimate of drug-likeness (QED) is 0.396. The van der Waals surface area contributed by atoms with Gasteiger partial charge in [0.15, 0.2) is 5.54 Å². The fraction of sp³-hybridized carbons (Fsp3) is 0.423. The van der Waals surface area contributed by atoms with Gasteiger partial charge in [0.1, 0.15) is 12.6 Å². The predicted molar refractivity (Wildman–Crippen MR) is 129 cm³/mol. The second kappa shape index (κ2) is 11.8. The Morgan fingerprint density at radius 3 is 2.14 bits per heavy atom. The molecule has 3 N–H and O–H groups in total. The minimum atomic E-state index is -1.64. The first-order valence-electron chi connectivity index (χ1n) is 11.5. The van der Waals surface area contributed by atoms with Gasteiger partial charge in [0.05, 0.1) is 6.61 Å². The summed E-state index contributed by atoms with van der Waals surface area (Å²) >= 11 is 0. The second-order valence-corrected chi connectivity index (χ2v) is 8.72. The minimum absolute atomic E-state index is 0.1000. The van der Waals surface area contributed by atoms with E-state index in [1.807, 2.05) is 48.5 Å². The molecule has 0 heterocycles. The molecule has 3 rings (SSSR count). The van der Waals surface area contributed by atoms with Crippen molar-refractivity contribution in [3.8, 4) is 11.1 Å². The minimum Gasteiger partial charge on any atom is -0.479 e. The molecule has 0 radical (unpaired) electrons. The average molecular weight is 485 g/mol. The van der Waals surface area contributed by atoms with E-state index in [1.165, 1.54) is 21.1 Å². The van der Waals surface area contributed by atoms with Crippen molar-refractivity contribution in [3.63, 3.8) is 0 Å². The molecule has 0 spiro atoms. The van der Waals surface area contributed by atoms with Crippen LogP contribution in [0.5, 0.6) is 0 Å². The van der Waals surface area contributed by atoms with Crippen molar-refractivity contribution in [2.75, 3.05) is 34.0 Å². The van der Waals surface area contributed by atoms with Gasteiger partial charge in [-0.15, -0.1) is 0 Å². The van der Waals surface area contributed by atoms with Crippen molar-refractivity contribution in [1.82, 2.24) is 10.6 Å². The van der Waals surface area contributed by atoms with Crippen LogP contribution in [0.15, 0.2) is 48.5 Å². The molecular weight excluding hydrogens is 452 g/mol. The van der Waals surface area contributed by atoms with Crippen LogP contribution in [0.1, 0.15) is 36.8 Å². The third-order valence-electron chi connectivity index (χ3n) is 6.10. The number of carbonyl (C=O) groups is 3. The van der Waals surface area contributed by atoms with Gasteiger partial charge >= 0.3 is 12.1 Å². The van der Waals surface area contributed by atoms with Crippen LogP contribution in [-0.4, -0.2) is 68.7 Å². The molecule has 2 aromatic rings. The predicted octanol–water partition coefficient (Wildman–Crippen LogP) is 2.93. The molecule has 188 valence electrons. The molecule has 0 aliphatic heterocycles. The number of ether oxygens (including phenoxy) is 3. The van der Waals surface area contributed by atoms with Gasteiger partial charge in [-0.05, 0) is 42.0 Å². The maximum Gasteiger partial charge on any atom is 0.407 e. The molecule has 1 aliphatic carbocycles. The zero-order valence-corrected chi connectivity index (χ0v) is 20.2. The van der Waals surface area contributed by atoms with Gasteiger partial charge < -0.3 is 30.0 Å². The molecule has 2 atom stereocenters. The Morgan fingerprint density at radius 2 is 1.60 bits per heavy atom. The van der Waals surface area contributed by atoms with E-state index in [4.69, 9.17) is 14.2 Å². The first-order chi connectivity index (χ1) is 16.8. The number of fused-ring (bicyclic) bond motifs is 3. The van der Waals surface area contributed by atoms with E-state index >= 15 is 0 Å². The van der Waals surface area contributed by atoms with Crippen LogP contribution in [0.25, 0.3) is 11.1 Å². The Bertz CT molecular complexity index is 1010. The molecule has 0 aromatic heterocycles. The smallest absolute Gasteiger partial charge is 0.407 e. The number of carbonyl (C=O) groups excluding carboxylic acids is 2. The Morgan fingerprint density at radius 1 is 1.00 bits per heavy atom. The number of hydrogen-bond acceptors (Lipinski definition) is 6. The summed E-state index contributed by atoms with van der Waals surface area (Å²) < 4.78 is 15.5. The molecule has 0 saturated heterocycles. The number of methoxy groups -OCH3 is 2. The Hall–Kier alpha value is -3.43. The van der Waals surface area contributed by atoms with Gasteiger partial charge in [0.25, 0.3) is 0 Å². The number of alkyl carbamates (subject to hydrolysis) is 1.